The smallest absolute Gasteiger partial charge is 0.339 e. The first-order valence-electron chi connectivity index (χ1n) is 8.43. The zero-order chi connectivity index (χ0) is 20.5. The maximum atomic E-state index is 12.1. The second-order valence-corrected chi connectivity index (χ2v) is 5.73. The minimum absolute atomic E-state index is 0.212. The number of rotatable bonds is 8. The van der Waals surface area contributed by atoms with Crippen molar-refractivity contribution in [3.63, 3.8) is 0 Å². The van der Waals surface area contributed by atoms with Gasteiger partial charge in [0.05, 0.1) is 32.6 Å². The van der Waals surface area contributed by atoms with E-state index in [4.69, 9.17) is 9.47 Å². The molecule has 0 bridgehead atoms. The molecule has 148 valence electrons. The van der Waals surface area contributed by atoms with Gasteiger partial charge in [0.25, 0.3) is 0 Å². The van der Waals surface area contributed by atoms with E-state index in [1.54, 1.807) is 36.4 Å². The fraction of sp³-hybridized carbons (Fsp3) is 0.250. The van der Waals surface area contributed by atoms with Crippen LogP contribution in [0.3, 0.4) is 0 Å². The number of carbonyl (C=O) groups is 3. The number of methoxy groups -OCH3 is 3. The summed E-state index contributed by atoms with van der Waals surface area (Å²) in [5.74, 6) is -0.439. The molecule has 8 nitrogen and oxygen atoms in total. The lowest BCUT2D eigenvalue weighted by molar-refractivity contribution is -0.126. The number of anilines is 1. The summed E-state index contributed by atoms with van der Waals surface area (Å²) in [6, 6.07) is 11.7. The summed E-state index contributed by atoms with van der Waals surface area (Å²) in [4.78, 5) is 35.9. The molecule has 0 heterocycles. The van der Waals surface area contributed by atoms with Crippen LogP contribution in [0.2, 0.25) is 0 Å². The van der Waals surface area contributed by atoms with Gasteiger partial charge in [-0.05, 0) is 29.8 Å². The van der Waals surface area contributed by atoms with Crippen LogP contribution in [-0.4, -0.2) is 39.1 Å². The Morgan fingerprint density at radius 2 is 1.61 bits per heavy atom. The maximum absolute atomic E-state index is 12.1. The molecular formula is C20H22N2O6. The van der Waals surface area contributed by atoms with Crippen molar-refractivity contribution in [2.24, 2.45) is 0 Å². The Hall–Kier alpha value is -3.55. The molecule has 2 N–H and O–H groups in total. The summed E-state index contributed by atoms with van der Waals surface area (Å²) in [6.07, 6.45) is -0.386. The largest absolute Gasteiger partial charge is 0.493 e. The molecule has 0 radical (unpaired) electrons. The predicted molar refractivity (Wildman–Crippen MR) is 102 cm³/mol. The van der Waals surface area contributed by atoms with Crippen LogP contribution in [0.1, 0.15) is 22.3 Å². The monoisotopic (exact) mass is 386 g/mol. The summed E-state index contributed by atoms with van der Waals surface area (Å²) in [5, 5.41) is 5.22. The van der Waals surface area contributed by atoms with Gasteiger partial charge in [-0.1, -0.05) is 18.2 Å². The topological polar surface area (TPSA) is 103 Å². The lowest BCUT2D eigenvalue weighted by Gasteiger charge is -2.11. The number of hydrogen-bond acceptors (Lipinski definition) is 6. The van der Waals surface area contributed by atoms with E-state index in [1.807, 2.05) is 0 Å². The van der Waals surface area contributed by atoms with Gasteiger partial charge in [0.2, 0.25) is 11.8 Å². The predicted octanol–water partition coefficient (Wildman–Crippen LogP) is 2.14. The van der Waals surface area contributed by atoms with E-state index >= 15 is 0 Å². The van der Waals surface area contributed by atoms with Crippen LogP contribution in [-0.2, 0) is 20.9 Å². The number of para-hydroxylation sites is 1. The first-order valence-corrected chi connectivity index (χ1v) is 8.43. The van der Waals surface area contributed by atoms with E-state index < -0.39 is 17.8 Å². The highest BCUT2D eigenvalue weighted by Gasteiger charge is 2.15. The van der Waals surface area contributed by atoms with Gasteiger partial charge in [0, 0.05) is 6.54 Å². The van der Waals surface area contributed by atoms with Crippen molar-refractivity contribution in [2.45, 2.75) is 13.0 Å². The van der Waals surface area contributed by atoms with Crippen LogP contribution >= 0.6 is 0 Å². The third-order valence-corrected chi connectivity index (χ3v) is 3.87. The standard InChI is InChI=1S/C20H22N2O6/c1-26-16-9-8-13(10-17(16)27-2)12-21-18(23)11-19(24)22-15-7-5-4-6-14(15)20(25)28-3/h4-10H,11-12H2,1-3H3,(H,21,23)(H,22,24). The number of ether oxygens (including phenoxy) is 3. The van der Waals surface area contributed by atoms with Gasteiger partial charge in [0.1, 0.15) is 6.42 Å². The highest BCUT2D eigenvalue weighted by molar-refractivity contribution is 6.06. The average molecular weight is 386 g/mol. The van der Waals surface area contributed by atoms with Crippen molar-refractivity contribution in [1.82, 2.24) is 5.32 Å². The molecule has 0 aliphatic rings. The number of nitrogens with one attached hydrogen (secondary N) is 2. The lowest BCUT2D eigenvalue weighted by atomic mass is 10.1. The molecule has 0 aromatic heterocycles. The molecule has 0 atom stereocenters. The number of amides is 2. The second-order valence-electron chi connectivity index (χ2n) is 5.73. The fourth-order valence-corrected chi connectivity index (χ4v) is 2.47. The van der Waals surface area contributed by atoms with Gasteiger partial charge in [0.15, 0.2) is 11.5 Å². The fourth-order valence-electron chi connectivity index (χ4n) is 2.47. The Morgan fingerprint density at radius 3 is 2.29 bits per heavy atom. The van der Waals surface area contributed by atoms with Gasteiger partial charge >= 0.3 is 5.97 Å². The Balaban J connectivity index is 1.92. The molecule has 8 heteroatoms. The minimum atomic E-state index is -0.575. The van der Waals surface area contributed by atoms with E-state index in [0.717, 1.165) is 5.56 Å². The number of benzene rings is 2. The highest BCUT2D eigenvalue weighted by Crippen LogP contribution is 2.27. The number of esters is 1. The van der Waals surface area contributed by atoms with E-state index in [2.05, 4.69) is 15.4 Å². The molecule has 0 saturated heterocycles. The van der Waals surface area contributed by atoms with E-state index in [0.29, 0.717) is 11.5 Å². The Kier molecular flexibility index (Phi) is 7.38. The van der Waals surface area contributed by atoms with Gasteiger partial charge in [-0.15, -0.1) is 0 Å². The number of carbonyl (C=O) groups excluding carboxylic acids is 3. The Labute approximate surface area is 162 Å². The first-order chi connectivity index (χ1) is 13.5. The van der Waals surface area contributed by atoms with Crippen molar-refractivity contribution in [2.75, 3.05) is 26.6 Å². The molecule has 0 aliphatic carbocycles. The summed E-state index contributed by atoms with van der Waals surface area (Å²) >= 11 is 0. The van der Waals surface area contributed by atoms with Crippen molar-refractivity contribution < 1.29 is 28.6 Å². The summed E-state index contributed by atoms with van der Waals surface area (Å²) in [5.41, 5.74) is 1.29. The van der Waals surface area contributed by atoms with Crippen molar-refractivity contribution >= 4 is 23.5 Å². The van der Waals surface area contributed by atoms with Crippen LogP contribution in [0.5, 0.6) is 11.5 Å². The average Bonchev–Trinajstić information content (AvgIpc) is 2.71. The third-order valence-electron chi connectivity index (χ3n) is 3.87. The molecule has 0 aliphatic heterocycles. The molecule has 2 aromatic rings. The molecule has 0 unspecified atom stereocenters. The lowest BCUT2D eigenvalue weighted by Crippen LogP contribution is -2.28. The number of hydrogen-bond donors (Lipinski definition) is 2. The van der Waals surface area contributed by atoms with E-state index in [-0.39, 0.29) is 24.2 Å². The van der Waals surface area contributed by atoms with Crippen molar-refractivity contribution in [3.05, 3.63) is 53.6 Å². The molecule has 0 spiro atoms. The first kappa shape index (κ1) is 20.8. The summed E-state index contributed by atoms with van der Waals surface area (Å²) in [7, 11) is 4.32. The highest BCUT2D eigenvalue weighted by atomic mass is 16.5. The molecular weight excluding hydrogens is 364 g/mol. The summed E-state index contributed by atoms with van der Waals surface area (Å²) in [6.45, 7) is 0.227. The molecule has 0 saturated carbocycles. The van der Waals surface area contributed by atoms with Gasteiger partial charge in [-0.25, -0.2) is 4.79 Å². The van der Waals surface area contributed by atoms with Crippen LogP contribution in [0.4, 0.5) is 5.69 Å². The maximum Gasteiger partial charge on any atom is 0.339 e. The Morgan fingerprint density at radius 1 is 0.893 bits per heavy atom. The van der Waals surface area contributed by atoms with Gasteiger partial charge in [-0.3, -0.25) is 9.59 Å². The van der Waals surface area contributed by atoms with Gasteiger partial charge in [-0.2, -0.15) is 0 Å². The van der Waals surface area contributed by atoms with Crippen molar-refractivity contribution in [1.29, 1.82) is 0 Å². The molecule has 0 fully saturated rings. The van der Waals surface area contributed by atoms with E-state index in [9.17, 15) is 14.4 Å². The molecule has 28 heavy (non-hydrogen) atoms. The zero-order valence-electron chi connectivity index (χ0n) is 15.9. The van der Waals surface area contributed by atoms with Crippen molar-refractivity contribution in [3.8, 4) is 11.5 Å². The zero-order valence-corrected chi connectivity index (χ0v) is 15.9. The van der Waals surface area contributed by atoms with E-state index in [1.165, 1.54) is 27.4 Å². The minimum Gasteiger partial charge on any atom is -0.493 e. The van der Waals surface area contributed by atoms with Crippen LogP contribution in [0.25, 0.3) is 0 Å². The Bertz CT molecular complexity index is 866. The third kappa shape index (κ3) is 5.47. The molecule has 2 aromatic carbocycles. The van der Waals surface area contributed by atoms with Gasteiger partial charge < -0.3 is 24.8 Å². The molecule has 2 rings (SSSR count). The summed E-state index contributed by atoms with van der Waals surface area (Å²) < 4.78 is 15.1. The van der Waals surface area contributed by atoms with Crippen LogP contribution < -0.4 is 20.1 Å². The molecule has 2 amide bonds. The quantitative estimate of drug-likeness (QED) is 0.532. The van der Waals surface area contributed by atoms with Crippen LogP contribution in [0.15, 0.2) is 42.5 Å². The SMILES string of the molecule is COC(=O)c1ccccc1NC(=O)CC(=O)NCc1ccc(OC)c(OC)c1. The van der Waals surface area contributed by atoms with Crippen LogP contribution in [0, 0.1) is 0 Å². The second kappa shape index (κ2) is 9.96. The normalized spacial score (nSPS) is 9.96.